The number of aryl methyl sites for hydroxylation is 1. The maximum Gasteiger partial charge on any atom is 0.101 e. The van der Waals surface area contributed by atoms with E-state index in [4.69, 9.17) is 28.5 Å². The summed E-state index contributed by atoms with van der Waals surface area (Å²) in [5, 5.41) is 10.2. The summed E-state index contributed by atoms with van der Waals surface area (Å²) in [6, 6.07) is 9.28. The molecule has 1 aromatic carbocycles. The molecule has 1 heterocycles. The van der Waals surface area contributed by atoms with Crippen LogP contribution in [0.25, 0.3) is 11.3 Å². The van der Waals surface area contributed by atoms with E-state index >= 15 is 0 Å². The first-order valence-corrected chi connectivity index (χ1v) is 5.97. The second-order valence-corrected chi connectivity index (χ2v) is 4.44. The molecule has 0 radical (unpaired) electrons. The van der Waals surface area contributed by atoms with Crippen LogP contribution in [0, 0.1) is 11.3 Å². The van der Waals surface area contributed by atoms with E-state index in [9.17, 15) is 0 Å². The van der Waals surface area contributed by atoms with Gasteiger partial charge in [-0.15, -0.1) is 0 Å². The highest BCUT2D eigenvalue weighted by Gasteiger charge is 2.13. The van der Waals surface area contributed by atoms with E-state index in [-0.39, 0.29) is 0 Å². The minimum Gasteiger partial charge on any atom is -0.347 e. The average molecular weight is 265 g/mol. The van der Waals surface area contributed by atoms with Gasteiger partial charge in [-0.05, 0) is 31.2 Å². The van der Waals surface area contributed by atoms with Gasteiger partial charge in [0.05, 0.1) is 16.3 Å². The zero-order chi connectivity index (χ0) is 12.4. The predicted molar refractivity (Wildman–Crippen MR) is 70.3 cm³/mol. The van der Waals surface area contributed by atoms with Crippen molar-refractivity contribution in [1.82, 2.24) is 4.57 Å². The summed E-state index contributed by atoms with van der Waals surface area (Å²) >= 11 is 12.0. The molecule has 1 aromatic heterocycles. The Labute approximate surface area is 110 Å². The van der Waals surface area contributed by atoms with Crippen molar-refractivity contribution in [3.05, 3.63) is 46.1 Å². The van der Waals surface area contributed by atoms with Crippen LogP contribution in [-0.2, 0) is 6.54 Å². The summed E-state index contributed by atoms with van der Waals surface area (Å²) in [6.45, 7) is 2.81. The van der Waals surface area contributed by atoms with Crippen molar-refractivity contribution < 1.29 is 0 Å². The quantitative estimate of drug-likeness (QED) is 0.793. The highest BCUT2D eigenvalue weighted by atomic mass is 35.5. The lowest BCUT2D eigenvalue weighted by atomic mass is 10.1. The summed E-state index contributed by atoms with van der Waals surface area (Å²) in [5.41, 5.74) is 2.30. The van der Waals surface area contributed by atoms with Crippen molar-refractivity contribution in [3.8, 4) is 17.3 Å². The van der Waals surface area contributed by atoms with Crippen LogP contribution in [0.15, 0.2) is 30.5 Å². The molecule has 0 spiro atoms. The molecule has 0 aliphatic carbocycles. The molecule has 86 valence electrons. The smallest absolute Gasteiger partial charge is 0.101 e. The SMILES string of the molecule is CCn1ccc(C#N)c1-c1ccc(Cl)cc1Cl. The molecule has 4 heteroatoms. The Balaban J connectivity index is 2.67. The van der Waals surface area contributed by atoms with Crippen molar-refractivity contribution in [2.45, 2.75) is 13.5 Å². The molecule has 0 atom stereocenters. The van der Waals surface area contributed by atoms with Gasteiger partial charge in [0.25, 0.3) is 0 Å². The fraction of sp³-hybridized carbons (Fsp3) is 0.154. The lowest BCUT2D eigenvalue weighted by Gasteiger charge is -2.09. The average Bonchev–Trinajstić information content (AvgIpc) is 2.71. The minimum absolute atomic E-state index is 0.558. The molecule has 0 aliphatic heterocycles. The van der Waals surface area contributed by atoms with Gasteiger partial charge in [0.15, 0.2) is 0 Å². The number of nitrogens with zero attached hydrogens (tertiary/aromatic N) is 2. The van der Waals surface area contributed by atoms with E-state index in [0.29, 0.717) is 15.6 Å². The molecule has 0 N–H and O–H groups in total. The number of rotatable bonds is 2. The molecule has 0 fully saturated rings. The lowest BCUT2D eigenvalue weighted by Crippen LogP contribution is -1.96. The Bertz CT molecular complexity index is 594. The maximum absolute atomic E-state index is 9.10. The van der Waals surface area contributed by atoms with Crippen LogP contribution < -0.4 is 0 Å². The van der Waals surface area contributed by atoms with Crippen LogP contribution in [0.3, 0.4) is 0 Å². The van der Waals surface area contributed by atoms with Crippen molar-refractivity contribution in [2.24, 2.45) is 0 Å². The summed E-state index contributed by atoms with van der Waals surface area (Å²) in [4.78, 5) is 0. The van der Waals surface area contributed by atoms with Gasteiger partial charge >= 0.3 is 0 Å². The number of benzene rings is 1. The number of halogens is 2. The zero-order valence-corrected chi connectivity index (χ0v) is 10.8. The van der Waals surface area contributed by atoms with Gasteiger partial charge in [0, 0.05) is 23.3 Å². The molecule has 0 bridgehead atoms. The second-order valence-electron chi connectivity index (χ2n) is 3.60. The molecule has 2 nitrogen and oxygen atoms in total. The van der Waals surface area contributed by atoms with E-state index in [0.717, 1.165) is 17.8 Å². The fourth-order valence-electron chi connectivity index (χ4n) is 1.81. The van der Waals surface area contributed by atoms with Crippen LogP contribution in [0.1, 0.15) is 12.5 Å². The first-order chi connectivity index (χ1) is 8.17. The molecule has 0 amide bonds. The normalized spacial score (nSPS) is 10.2. The van der Waals surface area contributed by atoms with Crippen LogP contribution >= 0.6 is 23.2 Å². The monoisotopic (exact) mass is 264 g/mol. The highest BCUT2D eigenvalue weighted by Crippen LogP contribution is 2.32. The summed E-state index contributed by atoms with van der Waals surface area (Å²) in [6.07, 6.45) is 1.89. The van der Waals surface area contributed by atoms with Gasteiger partial charge in [0.1, 0.15) is 6.07 Å². The molecular weight excluding hydrogens is 255 g/mol. The number of aromatic nitrogens is 1. The Kier molecular flexibility index (Phi) is 3.42. The van der Waals surface area contributed by atoms with Crippen molar-refractivity contribution in [2.75, 3.05) is 0 Å². The molecule has 2 aromatic rings. The van der Waals surface area contributed by atoms with Gasteiger partial charge in [-0.2, -0.15) is 5.26 Å². The first-order valence-electron chi connectivity index (χ1n) is 5.22. The summed E-state index contributed by atoms with van der Waals surface area (Å²) in [7, 11) is 0. The number of hydrogen-bond acceptors (Lipinski definition) is 1. The van der Waals surface area contributed by atoms with Crippen molar-refractivity contribution in [1.29, 1.82) is 5.26 Å². The van der Waals surface area contributed by atoms with Gasteiger partial charge < -0.3 is 4.57 Å². The third-order valence-corrected chi connectivity index (χ3v) is 3.16. The molecule has 0 aliphatic rings. The zero-order valence-electron chi connectivity index (χ0n) is 9.24. The van der Waals surface area contributed by atoms with E-state index in [1.54, 1.807) is 18.2 Å². The molecule has 0 saturated carbocycles. The van der Waals surface area contributed by atoms with E-state index in [1.807, 2.05) is 23.8 Å². The third-order valence-electron chi connectivity index (χ3n) is 2.61. The maximum atomic E-state index is 9.10. The Hall–Kier alpha value is -1.43. The summed E-state index contributed by atoms with van der Waals surface area (Å²) in [5.74, 6) is 0. The van der Waals surface area contributed by atoms with Crippen molar-refractivity contribution in [3.63, 3.8) is 0 Å². The Morgan fingerprint density at radius 1 is 1.29 bits per heavy atom. The highest BCUT2D eigenvalue weighted by molar-refractivity contribution is 6.36. The fourth-order valence-corrected chi connectivity index (χ4v) is 2.31. The van der Waals surface area contributed by atoms with Crippen LogP contribution in [-0.4, -0.2) is 4.57 Å². The first kappa shape index (κ1) is 12.0. The number of nitriles is 1. The van der Waals surface area contributed by atoms with Crippen molar-refractivity contribution >= 4 is 23.2 Å². The van der Waals surface area contributed by atoms with Crippen LogP contribution in [0.5, 0.6) is 0 Å². The number of hydrogen-bond donors (Lipinski definition) is 0. The minimum atomic E-state index is 0.558. The Morgan fingerprint density at radius 2 is 2.06 bits per heavy atom. The van der Waals surface area contributed by atoms with Crippen LogP contribution in [0.4, 0.5) is 0 Å². The van der Waals surface area contributed by atoms with Gasteiger partial charge in [0.2, 0.25) is 0 Å². The summed E-state index contributed by atoms with van der Waals surface area (Å²) < 4.78 is 1.99. The standard InChI is InChI=1S/C13H10Cl2N2/c1-2-17-6-5-9(8-16)13(17)11-4-3-10(14)7-12(11)15/h3-7H,2H2,1H3. The topological polar surface area (TPSA) is 28.7 Å². The molecule has 17 heavy (non-hydrogen) atoms. The molecule has 0 saturated heterocycles. The molecule has 0 unspecified atom stereocenters. The third kappa shape index (κ3) is 2.17. The molecule has 2 rings (SSSR count). The predicted octanol–water partition coefficient (Wildman–Crippen LogP) is 4.35. The van der Waals surface area contributed by atoms with Crippen LogP contribution in [0.2, 0.25) is 10.0 Å². The van der Waals surface area contributed by atoms with E-state index in [1.165, 1.54) is 0 Å². The lowest BCUT2D eigenvalue weighted by molar-refractivity contribution is 0.776. The van der Waals surface area contributed by atoms with E-state index < -0.39 is 0 Å². The van der Waals surface area contributed by atoms with E-state index in [2.05, 4.69) is 6.07 Å². The van der Waals surface area contributed by atoms with Gasteiger partial charge in [-0.1, -0.05) is 23.2 Å². The molecular formula is C13H10Cl2N2. The Morgan fingerprint density at radius 3 is 2.65 bits per heavy atom. The van der Waals surface area contributed by atoms with Gasteiger partial charge in [-0.3, -0.25) is 0 Å². The second kappa shape index (κ2) is 4.83. The largest absolute Gasteiger partial charge is 0.347 e. The van der Waals surface area contributed by atoms with Gasteiger partial charge in [-0.25, -0.2) is 0 Å².